The Balaban J connectivity index is 3.09. The lowest BCUT2D eigenvalue weighted by molar-refractivity contribution is 0.100. The molecule has 0 saturated heterocycles. The molecule has 0 spiro atoms. The summed E-state index contributed by atoms with van der Waals surface area (Å²) in [7, 11) is -1.63. The van der Waals surface area contributed by atoms with Gasteiger partial charge in [-0.2, -0.15) is 0 Å². The van der Waals surface area contributed by atoms with Crippen molar-refractivity contribution >= 4 is 8.32 Å². The van der Waals surface area contributed by atoms with Gasteiger partial charge in [-0.3, -0.25) is 0 Å². The van der Waals surface area contributed by atoms with Gasteiger partial charge in [0.15, 0.2) is 8.32 Å². The van der Waals surface area contributed by atoms with Crippen LogP contribution in [0.4, 0.5) is 0 Å². The fraction of sp³-hybridized carbons (Fsp3) is 0.789. The minimum absolute atomic E-state index is 0.0466. The van der Waals surface area contributed by atoms with Crippen LogP contribution in [0.15, 0.2) is 12.2 Å². The molecule has 0 heterocycles. The largest absolute Gasteiger partial charge is 0.401 e. The SMILES string of the molecule is CC[Si](CC)(CC)OC1(C#CC(C)(C)C)CCC=CCC1. The molecule has 0 aliphatic heterocycles. The highest BCUT2D eigenvalue weighted by molar-refractivity contribution is 6.73. The molecule has 0 aromatic heterocycles. The van der Waals surface area contributed by atoms with Crippen LogP contribution in [0, 0.1) is 17.3 Å². The second-order valence-corrected chi connectivity index (χ2v) is 12.1. The fourth-order valence-corrected chi connectivity index (χ4v) is 5.95. The molecule has 21 heavy (non-hydrogen) atoms. The van der Waals surface area contributed by atoms with Crippen LogP contribution in [0.2, 0.25) is 18.1 Å². The third kappa shape index (κ3) is 5.64. The summed E-state index contributed by atoms with van der Waals surface area (Å²) in [5, 5.41) is 0. The summed E-state index contributed by atoms with van der Waals surface area (Å²) in [6.07, 6.45) is 8.91. The van der Waals surface area contributed by atoms with E-state index in [0.29, 0.717) is 0 Å². The van der Waals surface area contributed by atoms with Gasteiger partial charge in [0.25, 0.3) is 0 Å². The zero-order valence-electron chi connectivity index (χ0n) is 15.0. The van der Waals surface area contributed by atoms with E-state index in [1.165, 1.54) is 18.1 Å². The first-order valence-corrected chi connectivity index (χ1v) is 11.2. The third-order valence-electron chi connectivity index (χ3n) is 4.61. The molecule has 0 bridgehead atoms. The van der Waals surface area contributed by atoms with E-state index < -0.39 is 8.32 Å². The molecule has 1 nitrogen and oxygen atoms in total. The van der Waals surface area contributed by atoms with Crippen molar-refractivity contribution in [3.05, 3.63) is 12.2 Å². The summed E-state index contributed by atoms with van der Waals surface area (Å²) in [5.41, 5.74) is -0.157. The summed E-state index contributed by atoms with van der Waals surface area (Å²) in [4.78, 5) is 0. The number of hydrogen-bond acceptors (Lipinski definition) is 1. The Bertz CT molecular complexity index is 383. The quantitative estimate of drug-likeness (QED) is 0.347. The van der Waals surface area contributed by atoms with Crippen LogP contribution in [0.5, 0.6) is 0 Å². The molecule has 120 valence electrons. The van der Waals surface area contributed by atoms with E-state index in [9.17, 15) is 0 Å². The number of allylic oxidation sites excluding steroid dienone is 2. The van der Waals surface area contributed by atoms with E-state index in [2.05, 4.69) is 65.5 Å². The predicted octanol–water partition coefficient (Wildman–Crippen LogP) is 5.93. The van der Waals surface area contributed by atoms with Crippen LogP contribution in [0.25, 0.3) is 0 Å². The molecular formula is C19H34OSi. The van der Waals surface area contributed by atoms with E-state index in [4.69, 9.17) is 4.43 Å². The van der Waals surface area contributed by atoms with Crippen molar-refractivity contribution in [3.63, 3.8) is 0 Å². The Hall–Kier alpha value is -0.523. The maximum Gasteiger partial charge on any atom is 0.194 e. The van der Waals surface area contributed by atoms with Gasteiger partial charge < -0.3 is 4.43 Å². The van der Waals surface area contributed by atoms with Gasteiger partial charge in [0.05, 0.1) is 0 Å². The molecule has 0 saturated carbocycles. The second-order valence-electron chi connectivity index (χ2n) is 7.39. The topological polar surface area (TPSA) is 9.23 Å². The van der Waals surface area contributed by atoms with Gasteiger partial charge in [0.2, 0.25) is 0 Å². The molecular weight excluding hydrogens is 272 g/mol. The van der Waals surface area contributed by atoms with E-state index in [0.717, 1.165) is 25.7 Å². The van der Waals surface area contributed by atoms with Gasteiger partial charge in [-0.15, -0.1) is 0 Å². The zero-order chi connectivity index (χ0) is 16.0. The van der Waals surface area contributed by atoms with Crippen LogP contribution in [0.1, 0.15) is 67.2 Å². The van der Waals surface area contributed by atoms with Crippen molar-refractivity contribution in [2.75, 3.05) is 0 Å². The second kappa shape index (κ2) is 7.65. The van der Waals surface area contributed by atoms with Crippen molar-refractivity contribution < 1.29 is 4.43 Å². The first kappa shape index (κ1) is 18.5. The predicted molar refractivity (Wildman–Crippen MR) is 95.9 cm³/mol. The van der Waals surface area contributed by atoms with Crippen molar-refractivity contribution in [3.8, 4) is 11.8 Å². The molecule has 0 aromatic carbocycles. The first-order chi connectivity index (χ1) is 9.80. The average molecular weight is 307 g/mol. The van der Waals surface area contributed by atoms with Crippen LogP contribution in [0.3, 0.4) is 0 Å². The van der Waals surface area contributed by atoms with Crippen LogP contribution in [-0.2, 0) is 4.43 Å². The molecule has 1 aliphatic carbocycles. The van der Waals surface area contributed by atoms with Gasteiger partial charge in [0, 0.05) is 5.41 Å². The lowest BCUT2D eigenvalue weighted by Gasteiger charge is -2.39. The van der Waals surface area contributed by atoms with E-state index in [1.807, 2.05) is 0 Å². The molecule has 0 unspecified atom stereocenters. The molecule has 0 radical (unpaired) electrons. The minimum Gasteiger partial charge on any atom is -0.401 e. The van der Waals surface area contributed by atoms with Crippen molar-refractivity contribution in [2.45, 2.75) is 91.0 Å². The smallest absolute Gasteiger partial charge is 0.194 e. The van der Waals surface area contributed by atoms with Gasteiger partial charge in [0.1, 0.15) is 5.60 Å². The highest BCUT2D eigenvalue weighted by Crippen LogP contribution is 2.35. The molecule has 0 N–H and O–H groups in total. The Kier molecular flexibility index (Phi) is 6.75. The van der Waals surface area contributed by atoms with Crippen molar-refractivity contribution in [1.29, 1.82) is 0 Å². The van der Waals surface area contributed by atoms with Gasteiger partial charge >= 0.3 is 0 Å². The lowest BCUT2D eigenvalue weighted by Crippen LogP contribution is -2.46. The van der Waals surface area contributed by atoms with E-state index in [-0.39, 0.29) is 11.0 Å². The summed E-state index contributed by atoms with van der Waals surface area (Å²) in [6.45, 7) is 13.5. The van der Waals surface area contributed by atoms with Crippen LogP contribution < -0.4 is 0 Å². The van der Waals surface area contributed by atoms with Gasteiger partial charge in [-0.05, 0) is 64.6 Å². The maximum atomic E-state index is 6.91. The Labute approximate surface area is 133 Å². The Morgan fingerprint density at radius 3 is 1.86 bits per heavy atom. The van der Waals surface area contributed by atoms with Crippen LogP contribution >= 0.6 is 0 Å². The Morgan fingerprint density at radius 2 is 1.48 bits per heavy atom. The van der Waals surface area contributed by atoms with Crippen molar-refractivity contribution in [1.82, 2.24) is 0 Å². The molecule has 2 heteroatoms. The van der Waals surface area contributed by atoms with Gasteiger partial charge in [-0.1, -0.05) is 44.8 Å². The molecule has 0 aromatic rings. The number of rotatable bonds is 5. The normalized spacial score (nSPS) is 18.8. The monoisotopic (exact) mass is 306 g/mol. The minimum atomic E-state index is -1.63. The molecule has 1 rings (SSSR count). The molecule has 0 atom stereocenters. The standard InChI is InChI=1S/C19H34OSi/c1-7-21(8-2,9-3)20-19(17-16-18(4,5)6)14-12-10-11-13-15-19/h10-11H,7-9,12-15H2,1-6H3. The maximum absolute atomic E-state index is 6.91. The van der Waals surface area contributed by atoms with E-state index in [1.54, 1.807) is 0 Å². The molecule has 0 fully saturated rings. The van der Waals surface area contributed by atoms with E-state index >= 15 is 0 Å². The lowest BCUT2D eigenvalue weighted by atomic mass is 9.91. The molecule has 0 amide bonds. The highest BCUT2D eigenvalue weighted by Gasteiger charge is 2.39. The first-order valence-electron chi connectivity index (χ1n) is 8.70. The van der Waals surface area contributed by atoms with Crippen molar-refractivity contribution in [2.24, 2.45) is 5.41 Å². The molecule has 1 aliphatic rings. The third-order valence-corrected chi connectivity index (χ3v) is 9.30. The zero-order valence-corrected chi connectivity index (χ0v) is 16.0. The highest BCUT2D eigenvalue weighted by atomic mass is 28.4. The average Bonchev–Trinajstić information content (AvgIpc) is 2.68. The summed E-state index contributed by atoms with van der Waals surface area (Å²) in [6, 6.07) is 3.60. The Morgan fingerprint density at radius 1 is 1.00 bits per heavy atom. The van der Waals surface area contributed by atoms with Gasteiger partial charge in [-0.25, -0.2) is 0 Å². The van der Waals surface area contributed by atoms with Crippen LogP contribution in [-0.4, -0.2) is 13.9 Å². The summed E-state index contributed by atoms with van der Waals surface area (Å²) in [5.74, 6) is 7.07. The summed E-state index contributed by atoms with van der Waals surface area (Å²) < 4.78 is 6.91. The summed E-state index contributed by atoms with van der Waals surface area (Å²) >= 11 is 0. The number of hydrogen-bond donors (Lipinski definition) is 0. The fourth-order valence-electron chi connectivity index (χ4n) is 2.93.